The average molecular weight is 278 g/mol. The Morgan fingerprint density at radius 3 is 2.40 bits per heavy atom. The zero-order valence-electron chi connectivity index (χ0n) is 13.3. The molecule has 1 aliphatic rings. The molecule has 0 spiro atoms. The lowest BCUT2D eigenvalue weighted by Gasteiger charge is -2.25. The van der Waals surface area contributed by atoms with Crippen molar-refractivity contribution in [3.05, 3.63) is 17.0 Å². The molecule has 0 amide bonds. The molecule has 0 saturated heterocycles. The Balaban J connectivity index is 1.96. The molecule has 0 aliphatic heterocycles. The Morgan fingerprint density at radius 2 is 1.90 bits per heavy atom. The number of aryl methyl sites for hydroxylation is 2. The van der Waals surface area contributed by atoms with E-state index in [1.165, 1.54) is 55.5 Å². The lowest BCUT2D eigenvalue weighted by Crippen LogP contribution is -2.41. The van der Waals surface area contributed by atoms with E-state index in [2.05, 4.69) is 24.4 Å². The molecule has 1 aromatic heterocycles. The second-order valence-electron chi connectivity index (χ2n) is 6.34. The number of nitrogens with two attached hydrogens (primary N) is 1. The summed E-state index contributed by atoms with van der Waals surface area (Å²) in [5.41, 5.74) is 6.95. The van der Waals surface area contributed by atoms with Crippen LogP contribution in [-0.4, -0.2) is 15.8 Å². The highest BCUT2D eigenvalue weighted by Crippen LogP contribution is 2.27. The molecule has 3 N–H and O–H groups in total. The molecule has 4 heteroatoms. The van der Waals surface area contributed by atoms with Crippen molar-refractivity contribution in [3.63, 3.8) is 0 Å². The van der Waals surface area contributed by atoms with Crippen molar-refractivity contribution in [1.82, 2.24) is 15.2 Å². The van der Waals surface area contributed by atoms with Crippen LogP contribution in [0.4, 0.5) is 0 Å². The number of hydrogen-bond acceptors (Lipinski definition) is 3. The second kappa shape index (κ2) is 7.23. The maximum absolute atomic E-state index is 5.83. The van der Waals surface area contributed by atoms with Gasteiger partial charge in [-0.2, -0.15) is 5.10 Å². The fourth-order valence-electron chi connectivity index (χ4n) is 3.65. The van der Waals surface area contributed by atoms with E-state index in [1.54, 1.807) is 0 Å². The van der Waals surface area contributed by atoms with Gasteiger partial charge in [-0.1, -0.05) is 25.7 Å². The first kappa shape index (κ1) is 15.5. The van der Waals surface area contributed by atoms with Crippen LogP contribution in [0.15, 0.2) is 0 Å². The number of rotatable bonds is 5. The molecule has 4 nitrogen and oxygen atoms in total. The first-order valence-electron chi connectivity index (χ1n) is 8.08. The summed E-state index contributed by atoms with van der Waals surface area (Å²) < 4.78 is 1.99. The fourth-order valence-corrected chi connectivity index (χ4v) is 3.65. The van der Waals surface area contributed by atoms with E-state index in [0.717, 1.165) is 18.8 Å². The van der Waals surface area contributed by atoms with Crippen molar-refractivity contribution in [2.75, 3.05) is 0 Å². The SMILES string of the molecule is Cc1nn(C)c(C)c1CCC(NN)C1CCCCCC1. The molecule has 1 heterocycles. The predicted molar refractivity (Wildman–Crippen MR) is 83.3 cm³/mol. The molecule has 0 aromatic carbocycles. The lowest BCUT2D eigenvalue weighted by molar-refractivity contribution is 0.307. The summed E-state index contributed by atoms with van der Waals surface area (Å²) in [6.07, 6.45) is 10.4. The molecule has 0 bridgehead atoms. The summed E-state index contributed by atoms with van der Waals surface area (Å²) >= 11 is 0. The van der Waals surface area contributed by atoms with Crippen molar-refractivity contribution in [2.24, 2.45) is 18.8 Å². The summed E-state index contributed by atoms with van der Waals surface area (Å²) in [5, 5.41) is 4.51. The molecule has 114 valence electrons. The van der Waals surface area contributed by atoms with Crippen LogP contribution >= 0.6 is 0 Å². The highest BCUT2D eigenvalue weighted by molar-refractivity contribution is 5.24. The van der Waals surface area contributed by atoms with Crippen molar-refractivity contribution < 1.29 is 0 Å². The molecule has 1 saturated carbocycles. The van der Waals surface area contributed by atoms with E-state index in [1.807, 2.05) is 11.7 Å². The van der Waals surface area contributed by atoms with Crippen LogP contribution in [0.5, 0.6) is 0 Å². The van der Waals surface area contributed by atoms with Gasteiger partial charge in [-0.3, -0.25) is 16.0 Å². The van der Waals surface area contributed by atoms with Gasteiger partial charge >= 0.3 is 0 Å². The van der Waals surface area contributed by atoms with Crippen LogP contribution in [0.2, 0.25) is 0 Å². The minimum Gasteiger partial charge on any atom is -0.272 e. The Hall–Kier alpha value is -0.870. The van der Waals surface area contributed by atoms with E-state index in [0.29, 0.717) is 6.04 Å². The van der Waals surface area contributed by atoms with E-state index in [-0.39, 0.29) is 0 Å². The van der Waals surface area contributed by atoms with Crippen LogP contribution in [0.25, 0.3) is 0 Å². The average Bonchev–Trinajstić information content (AvgIpc) is 2.67. The summed E-state index contributed by atoms with van der Waals surface area (Å²) in [4.78, 5) is 0. The molecular formula is C16H30N4. The summed E-state index contributed by atoms with van der Waals surface area (Å²) in [7, 11) is 2.02. The van der Waals surface area contributed by atoms with Crippen molar-refractivity contribution in [1.29, 1.82) is 0 Å². The fraction of sp³-hybridized carbons (Fsp3) is 0.812. The van der Waals surface area contributed by atoms with Gasteiger partial charge in [0.05, 0.1) is 5.69 Å². The Kier molecular flexibility index (Phi) is 5.61. The second-order valence-corrected chi connectivity index (χ2v) is 6.34. The topological polar surface area (TPSA) is 55.9 Å². The zero-order chi connectivity index (χ0) is 14.5. The minimum atomic E-state index is 0.451. The molecule has 1 atom stereocenters. The Morgan fingerprint density at radius 1 is 1.25 bits per heavy atom. The lowest BCUT2D eigenvalue weighted by atomic mass is 9.88. The highest BCUT2D eigenvalue weighted by atomic mass is 15.3. The first-order valence-corrected chi connectivity index (χ1v) is 8.08. The zero-order valence-corrected chi connectivity index (χ0v) is 13.3. The van der Waals surface area contributed by atoms with Gasteiger partial charge in [0.25, 0.3) is 0 Å². The molecule has 1 unspecified atom stereocenters. The van der Waals surface area contributed by atoms with Gasteiger partial charge in [0.1, 0.15) is 0 Å². The van der Waals surface area contributed by atoms with Crippen LogP contribution in [0.1, 0.15) is 61.9 Å². The van der Waals surface area contributed by atoms with Gasteiger partial charge < -0.3 is 0 Å². The standard InChI is InChI=1S/C16H30N4/c1-12-15(13(2)20(3)19-12)10-11-16(18-17)14-8-6-4-5-7-9-14/h14,16,18H,4-11,17H2,1-3H3. The molecule has 1 fully saturated rings. The maximum Gasteiger partial charge on any atom is 0.0628 e. The van der Waals surface area contributed by atoms with Crippen LogP contribution in [-0.2, 0) is 13.5 Å². The number of hydrazine groups is 1. The van der Waals surface area contributed by atoms with Crippen LogP contribution < -0.4 is 11.3 Å². The molecule has 2 rings (SSSR count). The largest absolute Gasteiger partial charge is 0.272 e. The first-order chi connectivity index (χ1) is 9.63. The van der Waals surface area contributed by atoms with E-state index >= 15 is 0 Å². The number of nitrogens with one attached hydrogen (secondary N) is 1. The third-order valence-corrected chi connectivity index (χ3v) is 5.05. The molecule has 20 heavy (non-hydrogen) atoms. The van der Waals surface area contributed by atoms with Gasteiger partial charge in [-0.05, 0) is 51.0 Å². The molecule has 0 radical (unpaired) electrons. The van der Waals surface area contributed by atoms with Crippen molar-refractivity contribution in [2.45, 2.75) is 71.3 Å². The third kappa shape index (κ3) is 3.61. The number of aromatic nitrogens is 2. The maximum atomic E-state index is 5.83. The van der Waals surface area contributed by atoms with Crippen molar-refractivity contribution >= 4 is 0 Å². The van der Waals surface area contributed by atoms with Crippen molar-refractivity contribution in [3.8, 4) is 0 Å². The predicted octanol–water partition coefficient (Wildman–Crippen LogP) is 2.77. The smallest absolute Gasteiger partial charge is 0.0628 e. The summed E-state index contributed by atoms with van der Waals surface area (Å²) in [6, 6.07) is 0.451. The van der Waals surface area contributed by atoms with E-state index < -0.39 is 0 Å². The van der Waals surface area contributed by atoms with Gasteiger partial charge in [0.2, 0.25) is 0 Å². The van der Waals surface area contributed by atoms with Gasteiger partial charge in [0, 0.05) is 18.8 Å². The molecule has 1 aliphatic carbocycles. The number of hydrogen-bond donors (Lipinski definition) is 2. The van der Waals surface area contributed by atoms with Crippen LogP contribution in [0.3, 0.4) is 0 Å². The van der Waals surface area contributed by atoms with Gasteiger partial charge in [-0.25, -0.2) is 0 Å². The summed E-state index contributed by atoms with van der Waals surface area (Å²) in [5.74, 6) is 6.58. The summed E-state index contributed by atoms with van der Waals surface area (Å²) in [6.45, 7) is 4.27. The quantitative estimate of drug-likeness (QED) is 0.495. The Labute approximate surface area is 123 Å². The minimum absolute atomic E-state index is 0.451. The molecule has 1 aromatic rings. The monoisotopic (exact) mass is 278 g/mol. The third-order valence-electron chi connectivity index (χ3n) is 5.05. The normalized spacial score (nSPS) is 19.0. The van der Waals surface area contributed by atoms with Gasteiger partial charge in [0.15, 0.2) is 0 Å². The van der Waals surface area contributed by atoms with Gasteiger partial charge in [-0.15, -0.1) is 0 Å². The van der Waals surface area contributed by atoms with E-state index in [4.69, 9.17) is 5.84 Å². The Bertz CT molecular complexity index is 416. The van der Waals surface area contributed by atoms with E-state index in [9.17, 15) is 0 Å². The highest BCUT2D eigenvalue weighted by Gasteiger charge is 2.22. The molecular weight excluding hydrogens is 248 g/mol. The van der Waals surface area contributed by atoms with Crippen LogP contribution in [0, 0.1) is 19.8 Å². The number of nitrogens with zero attached hydrogens (tertiary/aromatic N) is 2.